The summed E-state index contributed by atoms with van der Waals surface area (Å²) >= 11 is 4.56. The number of thiol groups is 1. The lowest BCUT2D eigenvalue weighted by molar-refractivity contribution is 0.0572. The van der Waals surface area contributed by atoms with Crippen LogP contribution in [-0.4, -0.2) is 52.7 Å². The maximum Gasteiger partial charge on any atom is 0.0938 e. The molecule has 2 unspecified atom stereocenters. The van der Waals surface area contributed by atoms with Gasteiger partial charge in [-0.05, 0) is 24.0 Å². The minimum atomic E-state index is -0.558. The molecule has 4 heteroatoms. The summed E-state index contributed by atoms with van der Waals surface area (Å²) in [6.07, 6.45) is 6.69. The van der Waals surface area contributed by atoms with Crippen LogP contribution in [-0.2, 0) is 0 Å². The molecule has 0 aromatic heterocycles. The van der Waals surface area contributed by atoms with Crippen LogP contribution in [0.4, 0.5) is 0 Å². The zero-order chi connectivity index (χ0) is 12.3. The third kappa shape index (κ3) is 3.37. The highest BCUT2D eigenvalue weighted by Crippen LogP contribution is 2.37. The standard InChI is InChI=1S/C13H25NO2S/c15-11-7-14(8-12(11)16)9-13(10-17)5-3-1-2-4-6-13/h11-12,15-17H,1-10H2. The van der Waals surface area contributed by atoms with Crippen LogP contribution < -0.4 is 0 Å². The number of likely N-dealkylation sites (tertiary alicyclic amines) is 1. The van der Waals surface area contributed by atoms with Crippen LogP contribution in [0.1, 0.15) is 38.5 Å². The van der Waals surface area contributed by atoms with E-state index in [4.69, 9.17) is 0 Å². The molecule has 2 aliphatic rings. The number of nitrogens with zero attached hydrogens (tertiary/aromatic N) is 1. The first-order valence-corrected chi connectivity index (χ1v) is 7.48. The minimum Gasteiger partial charge on any atom is -0.389 e. The number of hydrogen-bond donors (Lipinski definition) is 3. The summed E-state index contributed by atoms with van der Waals surface area (Å²) in [5, 5.41) is 19.2. The van der Waals surface area contributed by atoms with Gasteiger partial charge in [0.05, 0.1) is 12.2 Å². The fourth-order valence-electron chi connectivity index (χ4n) is 3.30. The second kappa shape index (κ2) is 5.91. The molecule has 3 nitrogen and oxygen atoms in total. The molecule has 100 valence electrons. The van der Waals surface area contributed by atoms with Gasteiger partial charge in [-0.2, -0.15) is 12.6 Å². The van der Waals surface area contributed by atoms with Gasteiger partial charge in [-0.25, -0.2) is 0 Å². The van der Waals surface area contributed by atoms with Crippen LogP contribution in [0.25, 0.3) is 0 Å². The van der Waals surface area contributed by atoms with Gasteiger partial charge in [0.1, 0.15) is 0 Å². The molecule has 2 N–H and O–H groups in total. The molecule has 1 saturated heterocycles. The molecule has 1 aliphatic carbocycles. The highest BCUT2D eigenvalue weighted by Gasteiger charge is 2.36. The van der Waals surface area contributed by atoms with E-state index >= 15 is 0 Å². The second-order valence-corrected chi connectivity index (χ2v) is 6.22. The molecule has 0 radical (unpaired) electrons. The van der Waals surface area contributed by atoms with Gasteiger partial charge in [-0.15, -0.1) is 0 Å². The van der Waals surface area contributed by atoms with Crippen molar-refractivity contribution in [3.63, 3.8) is 0 Å². The van der Waals surface area contributed by atoms with Gasteiger partial charge in [0.25, 0.3) is 0 Å². The molecule has 0 bridgehead atoms. The Morgan fingerprint density at radius 3 is 2.00 bits per heavy atom. The van der Waals surface area contributed by atoms with Crippen molar-refractivity contribution in [2.24, 2.45) is 5.41 Å². The number of β-amino-alcohol motifs (C(OH)–C–C–N with tert-alkyl or cyclic N) is 2. The monoisotopic (exact) mass is 259 g/mol. The second-order valence-electron chi connectivity index (χ2n) is 5.90. The molecular formula is C13H25NO2S. The van der Waals surface area contributed by atoms with Crippen molar-refractivity contribution in [2.45, 2.75) is 50.7 Å². The summed E-state index contributed by atoms with van der Waals surface area (Å²) in [7, 11) is 0. The van der Waals surface area contributed by atoms with E-state index in [-0.39, 0.29) is 0 Å². The lowest BCUT2D eigenvalue weighted by atomic mass is 9.82. The lowest BCUT2D eigenvalue weighted by Gasteiger charge is -2.35. The number of aliphatic hydroxyl groups excluding tert-OH is 2. The van der Waals surface area contributed by atoms with Crippen molar-refractivity contribution < 1.29 is 10.2 Å². The average Bonchev–Trinajstić information content (AvgIpc) is 2.54. The third-order valence-electron chi connectivity index (χ3n) is 4.39. The zero-order valence-electron chi connectivity index (χ0n) is 10.5. The van der Waals surface area contributed by atoms with Crippen LogP contribution in [0.5, 0.6) is 0 Å². The zero-order valence-corrected chi connectivity index (χ0v) is 11.4. The Balaban J connectivity index is 1.94. The molecule has 2 fully saturated rings. The Kier molecular flexibility index (Phi) is 4.75. The predicted octanol–water partition coefficient (Wildman–Crippen LogP) is 1.29. The van der Waals surface area contributed by atoms with Gasteiger partial charge < -0.3 is 10.2 Å². The van der Waals surface area contributed by atoms with Crippen LogP contribution in [0, 0.1) is 5.41 Å². The Morgan fingerprint density at radius 1 is 1.00 bits per heavy atom. The molecular weight excluding hydrogens is 234 g/mol. The van der Waals surface area contributed by atoms with E-state index in [1.165, 1.54) is 38.5 Å². The first kappa shape index (κ1) is 13.7. The summed E-state index contributed by atoms with van der Waals surface area (Å²) in [6.45, 7) is 2.23. The number of hydrogen-bond acceptors (Lipinski definition) is 4. The molecule has 1 heterocycles. The third-order valence-corrected chi connectivity index (χ3v) is 5.06. The van der Waals surface area contributed by atoms with E-state index in [1.807, 2.05) is 0 Å². The number of aliphatic hydroxyl groups is 2. The van der Waals surface area contributed by atoms with E-state index < -0.39 is 12.2 Å². The van der Waals surface area contributed by atoms with Gasteiger partial charge in [-0.3, -0.25) is 4.90 Å². The SMILES string of the molecule is OC1CN(CC2(CS)CCCCCC2)CC1O. The summed E-state index contributed by atoms with van der Waals surface area (Å²) in [4.78, 5) is 2.22. The number of rotatable bonds is 3. The maximum absolute atomic E-state index is 9.60. The van der Waals surface area contributed by atoms with E-state index in [1.54, 1.807) is 0 Å². The van der Waals surface area contributed by atoms with Gasteiger partial charge in [-0.1, -0.05) is 25.7 Å². The predicted molar refractivity (Wildman–Crippen MR) is 72.4 cm³/mol. The summed E-state index contributed by atoms with van der Waals surface area (Å²) in [5.74, 6) is 0.926. The van der Waals surface area contributed by atoms with Crippen molar-refractivity contribution in [1.82, 2.24) is 4.90 Å². The Labute approximate surface area is 110 Å². The van der Waals surface area contributed by atoms with Crippen molar-refractivity contribution in [2.75, 3.05) is 25.4 Å². The smallest absolute Gasteiger partial charge is 0.0938 e. The maximum atomic E-state index is 9.60. The van der Waals surface area contributed by atoms with Crippen LogP contribution in [0.3, 0.4) is 0 Å². The van der Waals surface area contributed by atoms with Crippen LogP contribution >= 0.6 is 12.6 Å². The first-order valence-electron chi connectivity index (χ1n) is 6.85. The largest absolute Gasteiger partial charge is 0.389 e. The highest BCUT2D eigenvalue weighted by atomic mass is 32.1. The van der Waals surface area contributed by atoms with Crippen molar-refractivity contribution >= 4 is 12.6 Å². The van der Waals surface area contributed by atoms with Gasteiger partial charge in [0, 0.05) is 19.6 Å². The van der Waals surface area contributed by atoms with E-state index in [0.29, 0.717) is 18.5 Å². The molecule has 0 aromatic rings. The molecule has 0 spiro atoms. The summed E-state index contributed by atoms with van der Waals surface area (Å²) in [5.41, 5.74) is 0.309. The first-order chi connectivity index (χ1) is 8.15. The van der Waals surface area contributed by atoms with Crippen LogP contribution in [0.15, 0.2) is 0 Å². The lowest BCUT2D eigenvalue weighted by Crippen LogP contribution is -2.38. The molecule has 1 saturated carbocycles. The molecule has 2 rings (SSSR count). The normalized spacial score (nSPS) is 34.8. The van der Waals surface area contributed by atoms with Crippen molar-refractivity contribution in [1.29, 1.82) is 0 Å². The minimum absolute atomic E-state index is 0.309. The Bertz CT molecular complexity index is 232. The van der Waals surface area contributed by atoms with Gasteiger partial charge >= 0.3 is 0 Å². The van der Waals surface area contributed by atoms with E-state index in [9.17, 15) is 10.2 Å². The van der Waals surface area contributed by atoms with E-state index in [0.717, 1.165) is 12.3 Å². The highest BCUT2D eigenvalue weighted by molar-refractivity contribution is 7.80. The fourth-order valence-corrected chi connectivity index (χ4v) is 3.71. The van der Waals surface area contributed by atoms with Crippen molar-refractivity contribution in [3.05, 3.63) is 0 Å². The van der Waals surface area contributed by atoms with Crippen LogP contribution in [0.2, 0.25) is 0 Å². The molecule has 1 aliphatic heterocycles. The van der Waals surface area contributed by atoms with Gasteiger partial charge in [0.2, 0.25) is 0 Å². The summed E-state index contributed by atoms with van der Waals surface area (Å²) < 4.78 is 0. The molecule has 17 heavy (non-hydrogen) atoms. The molecule has 0 amide bonds. The Hall–Kier alpha value is 0.230. The average molecular weight is 259 g/mol. The quantitative estimate of drug-likeness (QED) is 0.529. The summed E-state index contributed by atoms with van der Waals surface area (Å²) in [6, 6.07) is 0. The fraction of sp³-hybridized carbons (Fsp3) is 1.00. The Morgan fingerprint density at radius 2 is 1.53 bits per heavy atom. The topological polar surface area (TPSA) is 43.7 Å². The molecule has 0 aromatic carbocycles. The van der Waals surface area contributed by atoms with Crippen molar-refractivity contribution in [3.8, 4) is 0 Å². The molecule has 2 atom stereocenters. The van der Waals surface area contributed by atoms with E-state index in [2.05, 4.69) is 17.5 Å². The van der Waals surface area contributed by atoms with Gasteiger partial charge in [0.15, 0.2) is 0 Å².